The normalized spacial score (nSPS) is 10.3. The van der Waals surface area contributed by atoms with E-state index in [1.54, 1.807) is 6.92 Å². The summed E-state index contributed by atoms with van der Waals surface area (Å²) < 4.78 is 10.7. The Morgan fingerprint density at radius 3 is 2.67 bits per heavy atom. The lowest BCUT2D eigenvalue weighted by molar-refractivity contribution is -0.257. The highest BCUT2D eigenvalue weighted by Crippen LogP contribution is 2.20. The number of furan rings is 1. The average Bonchev–Trinajstić information content (AvgIpc) is 2.70. The van der Waals surface area contributed by atoms with E-state index in [4.69, 9.17) is 9.15 Å². The van der Waals surface area contributed by atoms with E-state index < -0.39 is 5.97 Å². The molecular weight excluding hydrogens is 232 g/mol. The third-order valence-electron chi connectivity index (χ3n) is 2.70. The maximum absolute atomic E-state index is 10.6. The van der Waals surface area contributed by atoms with Gasteiger partial charge in [-0.3, -0.25) is 0 Å². The number of ether oxygens (including phenoxy) is 1. The molecule has 4 nitrogen and oxygen atoms in total. The number of carboxylic acids is 1. The molecule has 94 valence electrons. The van der Waals surface area contributed by atoms with Gasteiger partial charge in [0.2, 0.25) is 0 Å². The zero-order chi connectivity index (χ0) is 13.1. The summed E-state index contributed by atoms with van der Waals surface area (Å²) in [5.41, 5.74) is 1.73. The number of carboxylic acid groups (broad SMARTS) is 1. The quantitative estimate of drug-likeness (QED) is 0.824. The van der Waals surface area contributed by atoms with Crippen molar-refractivity contribution >= 4 is 5.97 Å². The molecule has 1 aromatic heterocycles. The molecule has 0 spiro atoms. The van der Waals surface area contributed by atoms with Crippen LogP contribution in [0.4, 0.5) is 0 Å². The molecule has 0 bridgehead atoms. The van der Waals surface area contributed by atoms with Crippen molar-refractivity contribution in [2.75, 3.05) is 0 Å². The molecule has 0 aliphatic heterocycles. The largest absolute Gasteiger partial charge is 0.542 e. The second-order valence-corrected chi connectivity index (χ2v) is 4.03. The Bertz CT molecular complexity index is 569. The van der Waals surface area contributed by atoms with E-state index in [0.717, 1.165) is 11.3 Å². The van der Waals surface area contributed by atoms with Crippen LogP contribution in [0.2, 0.25) is 0 Å². The first-order chi connectivity index (χ1) is 8.58. The maximum atomic E-state index is 10.6. The molecule has 2 rings (SSSR count). The van der Waals surface area contributed by atoms with Gasteiger partial charge in [-0.2, -0.15) is 0 Å². The van der Waals surface area contributed by atoms with Crippen molar-refractivity contribution in [3.63, 3.8) is 0 Å². The van der Waals surface area contributed by atoms with Gasteiger partial charge in [0.1, 0.15) is 29.8 Å². The van der Waals surface area contributed by atoms with Gasteiger partial charge < -0.3 is 19.1 Å². The van der Waals surface area contributed by atoms with Gasteiger partial charge in [-0.1, -0.05) is 18.2 Å². The lowest BCUT2D eigenvalue weighted by Gasteiger charge is -2.07. The predicted octanol–water partition coefficient (Wildman–Crippen LogP) is 1.84. The summed E-state index contributed by atoms with van der Waals surface area (Å²) in [6.07, 6.45) is 0. The second kappa shape index (κ2) is 4.96. The summed E-state index contributed by atoms with van der Waals surface area (Å²) in [5, 5.41) is 10.6. The van der Waals surface area contributed by atoms with Crippen LogP contribution in [0.15, 0.2) is 34.7 Å². The molecule has 1 aromatic carbocycles. The third kappa shape index (κ3) is 2.53. The van der Waals surface area contributed by atoms with E-state index in [0.29, 0.717) is 11.3 Å². The molecule has 0 atom stereocenters. The summed E-state index contributed by atoms with van der Waals surface area (Å²) in [4.78, 5) is 10.6. The molecule has 0 aliphatic rings. The Kier molecular flexibility index (Phi) is 3.37. The smallest absolute Gasteiger partial charge is 0.150 e. The molecule has 1 heterocycles. The summed E-state index contributed by atoms with van der Waals surface area (Å²) in [6, 6.07) is 9.06. The first-order valence-electron chi connectivity index (χ1n) is 5.57. The zero-order valence-corrected chi connectivity index (χ0v) is 10.2. The van der Waals surface area contributed by atoms with Crippen LogP contribution >= 0.6 is 0 Å². The SMILES string of the molecule is Cc1ccccc1OCc1cc(C(=O)[O-])oc1C. The number of para-hydroxylation sites is 1. The van der Waals surface area contributed by atoms with E-state index >= 15 is 0 Å². The van der Waals surface area contributed by atoms with Crippen LogP contribution < -0.4 is 9.84 Å². The molecular formula is C14H13O4-. The van der Waals surface area contributed by atoms with Gasteiger partial charge in [0.15, 0.2) is 0 Å². The number of rotatable bonds is 4. The van der Waals surface area contributed by atoms with Gasteiger partial charge in [0.05, 0.1) is 0 Å². The van der Waals surface area contributed by atoms with Crippen LogP contribution in [0.25, 0.3) is 0 Å². The monoisotopic (exact) mass is 245 g/mol. The fourth-order valence-corrected chi connectivity index (χ4v) is 1.64. The number of benzene rings is 1. The van der Waals surface area contributed by atoms with Crippen LogP contribution in [-0.2, 0) is 6.61 Å². The summed E-state index contributed by atoms with van der Waals surface area (Å²) in [6.45, 7) is 3.92. The zero-order valence-electron chi connectivity index (χ0n) is 10.2. The molecule has 2 aromatic rings. The van der Waals surface area contributed by atoms with Gasteiger partial charge in [0, 0.05) is 5.56 Å². The number of carbonyl (C=O) groups is 1. The summed E-state index contributed by atoms with van der Waals surface area (Å²) >= 11 is 0. The van der Waals surface area contributed by atoms with Crippen molar-refractivity contribution in [2.45, 2.75) is 20.5 Å². The minimum absolute atomic E-state index is 0.170. The number of aromatic carboxylic acids is 1. The van der Waals surface area contributed by atoms with Gasteiger partial charge in [-0.05, 0) is 31.5 Å². The molecule has 0 radical (unpaired) electrons. The van der Waals surface area contributed by atoms with Crippen molar-refractivity contribution < 1.29 is 19.1 Å². The predicted molar refractivity (Wildman–Crippen MR) is 63.3 cm³/mol. The van der Waals surface area contributed by atoms with Crippen molar-refractivity contribution in [1.29, 1.82) is 0 Å². The molecule has 0 fully saturated rings. The minimum atomic E-state index is -1.32. The van der Waals surface area contributed by atoms with E-state index in [9.17, 15) is 9.90 Å². The first-order valence-corrected chi connectivity index (χ1v) is 5.57. The Morgan fingerprint density at radius 2 is 2.06 bits per heavy atom. The third-order valence-corrected chi connectivity index (χ3v) is 2.70. The topological polar surface area (TPSA) is 62.5 Å². The van der Waals surface area contributed by atoms with Crippen molar-refractivity contribution in [3.8, 4) is 5.75 Å². The lowest BCUT2D eigenvalue weighted by atomic mass is 10.2. The summed E-state index contributed by atoms with van der Waals surface area (Å²) in [5.74, 6) is -0.188. The molecule has 0 amide bonds. The molecule has 0 saturated heterocycles. The highest BCUT2D eigenvalue weighted by Gasteiger charge is 2.09. The van der Waals surface area contributed by atoms with Gasteiger partial charge in [0.25, 0.3) is 0 Å². The van der Waals surface area contributed by atoms with E-state index in [-0.39, 0.29) is 12.4 Å². The van der Waals surface area contributed by atoms with Gasteiger partial charge in [-0.15, -0.1) is 0 Å². The van der Waals surface area contributed by atoms with Crippen molar-refractivity contribution in [2.24, 2.45) is 0 Å². The molecule has 0 aliphatic carbocycles. The van der Waals surface area contributed by atoms with Crippen molar-refractivity contribution in [3.05, 3.63) is 53.0 Å². The lowest BCUT2D eigenvalue weighted by Crippen LogP contribution is -2.21. The molecule has 0 saturated carbocycles. The molecule has 4 heteroatoms. The van der Waals surface area contributed by atoms with Crippen LogP contribution in [0, 0.1) is 13.8 Å². The average molecular weight is 245 g/mol. The van der Waals surface area contributed by atoms with Crippen LogP contribution in [0.5, 0.6) is 5.75 Å². The highest BCUT2D eigenvalue weighted by molar-refractivity contribution is 5.82. The number of hydrogen-bond donors (Lipinski definition) is 0. The minimum Gasteiger partial charge on any atom is -0.542 e. The van der Waals surface area contributed by atoms with Crippen LogP contribution in [0.1, 0.15) is 27.4 Å². The maximum Gasteiger partial charge on any atom is 0.150 e. The number of hydrogen-bond acceptors (Lipinski definition) is 4. The van der Waals surface area contributed by atoms with E-state index in [2.05, 4.69) is 0 Å². The number of aryl methyl sites for hydroxylation is 2. The molecule has 0 N–H and O–H groups in total. The van der Waals surface area contributed by atoms with Crippen molar-refractivity contribution in [1.82, 2.24) is 0 Å². The summed E-state index contributed by atoms with van der Waals surface area (Å²) in [7, 11) is 0. The van der Waals surface area contributed by atoms with E-state index in [1.165, 1.54) is 6.07 Å². The fraction of sp³-hybridized carbons (Fsp3) is 0.214. The number of carbonyl (C=O) groups excluding carboxylic acids is 1. The Hall–Kier alpha value is -2.23. The second-order valence-electron chi connectivity index (χ2n) is 4.03. The molecule has 18 heavy (non-hydrogen) atoms. The van der Waals surface area contributed by atoms with Gasteiger partial charge in [-0.25, -0.2) is 0 Å². The van der Waals surface area contributed by atoms with E-state index in [1.807, 2.05) is 31.2 Å². The Balaban J connectivity index is 2.11. The standard InChI is InChI=1S/C14H14O4/c1-9-5-3-4-6-12(9)17-8-11-7-13(14(15)16)18-10(11)2/h3-7H,8H2,1-2H3,(H,15,16)/p-1. The molecule has 0 unspecified atom stereocenters. The Morgan fingerprint density at radius 1 is 1.33 bits per heavy atom. The highest BCUT2D eigenvalue weighted by atomic mass is 16.5. The first kappa shape index (κ1) is 12.2. The van der Waals surface area contributed by atoms with Crippen LogP contribution in [-0.4, -0.2) is 5.97 Å². The van der Waals surface area contributed by atoms with Crippen LogP contribution in [0.3, 0.4) is 0 Å². The fourth-order valence-electron chi connectivity index (χ4n) is 1.64. The van der Waals surface area contributed by atoms with Gasteiger partial charge >= 0.3 is 0 Å². The Labute approximate surface area is 105 Å².